The lowest BCUT2D eigenvalue weighted by molar-refractivity contribution is -0.319. The largest absolute Gasteiger partial charge is 0.522 e. The fourth-order valence-electron chi connectivity index (χ4n) is 1.39. The number of hydrogen-bond donors (Lipinski definition) is 0. The van der Waals surface area contributed by atoms with Crippen molar-refractivity contribution in [1.82, 2.24) is 9.55 Å². The van der Waals surface area contributed by atoms with E-state index in [0.717, 1.165) is 5.69 Å². The molecule has 0 saturated carbocycles. The molecule has 0 aliphatic rings. The lowest BCUT2D eigenvalue weighted by Crippen LogP contribution is -2.13. The van der Waals surface area contributed by atoms with Crippen molar-refractivity contribution in [3.63, 3.8) is 0 Å². The smallest absolute Gasteiger partial charge is 0.331 e. The number of rotatable bonds is 5. The van der Waals surface area contributed by atoms with Crippen molar-refractivity contribution in [2.45, 2.75) is 47.0 Å². The number of halogens is 3. The Morgan fingerprint density at radius 1 is 1.43 bits per heavy atom. The summed E-state index contributed by atoms with van der Waals surface area (Å²) in [6, 6.07) is 0.0908. The summed E-state index contributed by atoms with van der Waals surface area (Å²) in [5.74, 6) is 0. The second-order valence-corrected chi connectivity index (χ2v) is 4.27. The topological polar surface area (TPSA) is 27.1 Å². The molecule has 1 aromatic rings. The highest BCUT2D eigenvalue weighted by molar-refractivity contribution is 5.17. The van der Waals surface area contributed by atoms with Crippen LogP contribution < -0.4 is 0 Å². The average Bonchev–Trinajstić information content (AvgIpc) is 2.83. The van der Waals surface area contributed by atoms with E-state index in [2.05, 4.69) is 9.72 Å². The summed E-state index contributed by atoms with van der Waals surface area (Å²) in [4.78, 5) is 4.11. The highest BCUT2D eigenvalue weighted by Gasteiger charge is 2.28. The van der Waals surface area contributed by atoms with Gasteiger partial charge in [0.1, 0.15) is 0 Å². The molecule has 21 heavy (non-hydrogen) atoms. The van der Waals surface area contributed by atoms with E-state index in [4.69, 9.17) is 0 Å². The number of aryl methyl sites for hydroxylation is 1. The van der Waals surface area contributed by atoms with Crippen LogP contribution in [0.1, 0.15) is 39.4 Å². The first-order valence-corrected chi connectivity index (χ1v) is 6.83. The van der Waals surface area contributed by atoms with Gasteiger partial charge in [0.25, 0.3) is 0 Å². The van der Waals surface area contributed by atoms with Crippen LogP contribution in [-0.4, -0.2) is 22.5 Å². The van der Waals surface area contributed by atoms with Crippen molar-refractivity contribution in [3.8, 4) is 0 Å². The minimum atomic E-state index is -4.58. The maximum Gasteiger partial charge on any atom is 0.522 e. The number of allylic oxidation sites excluding steroid dienone is 3. The van der Waals surface area contributed by atoms with Crippen molar-refractivity contribution in [1.29, 1.82) is 0 Å². The molecule has 0 amide bonds. The summed E-state index contributed by atoms with van der Waals surface area (Å²) >= 11 is 0. The summed E-state index contributed by atoms with van der Waals surface area (Å²) < 4.78 is 40.9. The minimum Gasteiger partial charge on any atom is -0.331 e. The van der Waals surface area contributed by atoms with E-state index in [1.165, 1.54) is 6.08 Å². The maximum absolute atomic E-state index is 11.8. The number of alkyl halides is 3. The molecule has 3 nitrogen and oxygen atoms in total. The molecule has 0 spiro atoms. The maximum atomic E-state index is 11.8. The van der Waals surface area contributed by atoms with Crippen molar-refractivity contribution >= 4 is 0 Å². The van der Waals surface area contributed by atoms with E-state index in [9.17, 15) is 13.2 Å². The Balaban J connectivity index is 0.00000191. The molecule has 1 rings (SSSR count). The van der Waals surface area contributed by atoms with E-state index < -0.39 is 13.0 Å². The van der Waals surface area contributed by atoms with Gasteiger partial charge < -0.3 is 4.57 Å². The lowest BCUT2D eigenvalue weighted by Gasteiger charge is -2.07. The Bertz CT molecular complexity index is 462. The van der Waals surface area contributed by atoms with Crippen molar-refractivity contribution in [2.24, 2.45) is 0 Å². The summed E-state index contributed by atoms with van der Waals surface area (Å²) in [6.07, 6.45) is 4.08. The zero-order valence-corrected chi connectivity index (χ0v) is 13.1. The fraction of sp³-hybridized carbons (Fsp3) is 0.533. The Labute approximate surface area is 124 Å². The summed E-state index contributed by atoms with van der Waals surface area (Å²) in [7, 11) is 0. The fourth-order valence-corrected chi connectivity index (χ4v) is 1.39. The Morgan fingerprint density at radius 3 is 2.52 bits per heavy atom. The summed E-state index contributed by atoms with van der Waals surface area (Å²) in [6.45, 7) is 9.12. The van der Waals surface area contributed by atoms with Crippen LogP contribution in [0.4, 0.5) is 13.2 Å². The molecule has 1 heterocycles. The first kappa shape index (κ1) is 19.4. The van der Waals surface area contributed by atoms with Gasteiger partial charge in [-0.05, 0) is 20.8 Å². The second-order valence-electron chi connectivity index (χ2n) is 4.27. The molecule has 1 atom stereocenters. The zero-order chi connectivity index (χ0) is 16.5. The third kappa shape index (κ3) is 9.07. The van der Waals surface area contributed by atoms with E-state index in [-0.39, 0.29) is 6.04 Å². The van der Waals surface area contributed by atoms with Crippen LogP contribution in [0.3, 0.4) is 0 Å². The molecule has 0 N–H and O–H groups in total. The van der Waals surface area contributed by atoms with Gasteiger partial charge in [-0.3, -0.25) is 4.74 Å². The van der Waals surface area contributed by atoms with Crippen LogP contribution in [0.2, 0.25) is 0 Å². The van der Waals surface area contributed by atoms with Crippen LogP contribution in [0.15, 0.2) is 36.3 Å². The molecule has 1 aromatic heterocycles. The quantitative estimate of drug-likeness (QED) is 0.729. The van der Waals surface area contributed by atoms with E-state index in [1.54, 1.807) is 19.3 Å². The van der Waals surface area contributed by atoms with Crippen LogP contribution in [0.25, 0.3) is 0 Å². The molecular weight excluding hydrogens is 281 g/mol. The summed E-state index contributed by atoms with van der Waals surface area (Å²) in [5, 5.41) is 0. The van der Waals surface area contributed by atoms with E-state index >= 15 is 0 Å². The molecule has 0 aliphatic heterocycles. The van der Waals surface area contributed by atoms with Crippen LogP contribution >= 0.6 is 0 Å². The number of aromatic nitrogens is 2. The average molecular weight is 304 g/mol. The number of imidazole rings is 1. The van der Waals surface area contributed by atoms with Gasteiger partial charge >= 0.3 is 6.36 Å². The number of hydrogen-bond acceptors (Lipinski definition) is 2. The predicted octanol–water partition coefficient (Wildman–Crippen LogP) is 4.82. The molecule has 0 aromatic carbocycles. The van der Waals surface area contributed by atoms with E-state index in [1.807, 2.05) is 44.5 Å². The van der Waals surface area contributed by atoms with Gasteiger partial charge in [-0.25, -0.2) is 4.98 Å². The molecule has 0 saturated heterocycles. The third-order valence-corrected chi connectivity index (χ3v) is 2.49. The second kappa shape index (κ2) is 9.39. The van der Waals surface area contributed by atoms with Gasteiger partial charge in [0.05, 0.1) is 24.7 Å². The highest BCUT2D eigenvalue weighted by atomic mass is 19.4. The van der Waals surface area contributed by atoms with Crippen LogP contribution in [0.5, 0.6) is 0 Å². The molecule has 0 aliphatic carbocycles. The molecule has 120 valence electrons. The molecule has 0 fully saturated rings. The highest BCUT2D eigenvalue weighted by Crippen LogP contribution is 2.16. The first-order chi connectivity index (χ1) is 9.78. The Hall–Kier alpha value is -1.56. The number of ether oxygens (including phenoxy) is 1. The zero-order valence-electron chi connectivity index (χ0n) is 13.1. The van der Waals surface area contributed by atoms with Crippen LogP contribution in [-0.2, 0) is 4.74 Å². The first-order valence-electron chi connectivity index (χ1n) is 6.83. The molecule has 6 heteroatoms. The van der Waals surface area contributed by atoms with Gasteiger partial charge in [0.2, 0.25) is 0 Å². The SMILES string of the molecule is CC.CC(/C=C\C(C)n1cnc(C)c1)=C/COC(F)(F)F. The minimum absolute atomic E-state index is 0.0908. The van der Waals surface area contributed by atoms with E-state index in [0.29, 0.717) is 5.57 Å². The standard InChI is InChI=1S/C13H17F3N2O.C2H6/c1-10(6-7-19-13(14,15)16)4-5-12(3)18-8-11(2)17-9-18;1-2/h4-6,8-9,12H,7H2,1-3H3;1-2H3/b5-4-,10-6-;. The molecule has 0 radical (unpaired) electrons. The monoisotopic (exact) mass is 304 g/mol. The molecular formula is C15H23F3N2O. The predicted molar refractivity (Wildman–Crippen MR) is 77.9 cm³/mol. The van der Waals surface area contributed by atoms with Crippen LogP contribution in [0, 0.1) is 6.92 Å². The Kier molecular flexibility index (Phi) is 8.69. The lowest BCUT2D eigenvalue weighted by atomic mass is 10.2. The molecule has 1 unspecified atom stereocenters. The third-order valence-electron chi connectivity index (χ3n) is 2.49. The van der Waals surface area contributed by atoms with Crippen molar-refractivity contribution in [3.05, 3.63) is 42.0 Å². The van der Waals surface area contributed by atoms with Gasteiger partial charge in [0, 0.05) is 6.20 Å². The molecule has 0 bridgehead atoms. The van der Waals surface area contributed by atoms with Gasteiger partial charge in [-0.1, -0.05) is 37.6 Å². The van der Waals surface area contributed by atoms with Crippen molar-refractivity contribution in [2.75, 3.05) is 6.61 Å². The number of nitrogens with zero attached hydrogens (tertiary/aromatic N) is 2. The van der Waals surface area contributed by atoms with Crippen molar-refractivity contribution < 1.29 is 17.9 Å². The summed E-state index contributed by atoms with van der Waals surface area (Å²) in [5.41, 5.74) is 1.64. The van der Waals surface area contributed by atoms with Gasteiger partial charge in [-0.2, -0.15) is 0 Å². The normalized spacial score (nSPS) is 14.0. The van der Waals surface area contributed by atoms with Gasteiger partial charge in [0.15, 0.2) is 0 Å². The Morgan fingerprint density at radius 2 is 2.05 bits per heavy atom. The van der Waals surface area contributed by atoms with Gasteiger partial charge in [-0.15, -0.1) is 13.2 Å².